The number of hydrogen-bond acceptors (Lipinski definition) is 3. The third kappa shape index (κ3) is 0.941. The van der Waals surface area contributed by atoms with Crippen LogP contribution in [-0.4, -0.2) is 11.5 Å². The highest BCUT2D eigenvalue weighted by molar-refractivity contribution is 5.60. The van der Waals surface area contributed by atoms with E-state index in [-0.39, 0.29) is 5.75 Å². The molecule has 2 rings (SSSR count). The summed E-state index contributed by atoms with van der Waals surface area (Å²) in [6, 6.07) is 5.25. The van der Waals surface area contributed by atoms with E-state index in [1.54, 1.807) is 12.1 Å². The molecule has 1 aliphatic rings. The van der Waals surface area contributed by atoms with Crippen molar-refractivity contribution in [2.24, 2.45) is 4.99 Å². The fourth-order valence-electron chi connectivity index (χ4n) is 1.06. The quantitative estimate of drug-likeness (QED) is 0.604. The van der Waals surface area contributed by atoms with E-state index in [1.807, 2.05) is 6.07 Å². The topological polar surface area (TPSA) is 41.8 Å². The highest BCUT2D eigenvalue weighted by Gasteiger charge is 2.10. The number of para-hydroxylation sites is 1. The van der Waals surface area contributed by atoms with Crippen molar-refractivity contribution in [3.05, 3.63) is 23.8 Å². The van der Waals surface area contributed by atoms with Crippen LogP contribution < -0.4 is 4.74 Å². The van der Waals surface area contributed by atoms with Crippen molar-refractivity contribution >= 4 is 6.40 Å². The number of rotatable bonds is 0. The first-order valence-corrected chi connectivity index (χ1v) is 3.34. The predicted molar refractivity (Wildman–Crippen MR) is 40.9 cm³/mol. The minimum Gasteiger partial charge on any atom is -0.504 e. The largest absolute Gasteiger partial charge is 0.504 e. The number of phenolic OH excluding ortho intramolecular Hbond substituents is 1. The summed E-state index contributed by atoms with van der Waals surface area (Å²) in [5, 5.41) is 9.27. The fourth-order valence-corrected chi connectivity index (χ4v) is 1.06. The zero-order valence-corrected chi connectivity index (χ0v) is 5.82. The van der Waals surface area contributed by atoms with E-state index >= 15 is 0 Å². The van der Waals surface area contributed by atoms with Gasteiger partial charge in [0, 0.05) is 5.56 Å². The van der Waals surface area contributed by atoms with E-state index in [4.69, 9.17) is 4.74 Å². The lowest BCUT2D eigenvalue weighted by atomic mass is 10.2. The Morgan fingerprint density at radius 1 is 1.45 bits per heavy atom. The van der Waals surface area contributed by atoms with E-state index in [1.165, 1.54) is 6.40 Å². The van der Waals surface area contributed by atoms with E-state index < -0.39 is 0 Å². The smallest absolute Gasteiger partial charge is 0.177 e. The van der Waals surface area contributed by atoms with Gasteiger partial charge in [0.05, 0.1) is 6.54 Å². The highest BCUT2D eigenvalue weighted by Crippen LogP contribution is 2.31. The molecule has 0 fully saturated rings. The first-order chi connectivity index (χ1) is 5.38. The molecule has 1 aromatic carbocycles. The van der Waals surface area contributed by atoms with Crippen LogP contribution in [0.5, 0.6) is 11.5 Å². The lowest BCUT2D eigenvalue weighted by Crippen LogP contribution is -2.00. The second-order valence-corrected chi connectivity index (χ2v) is 2.33. The Hall–Kier alpha value is -1.51. The van der Waals surface area contributed by atoms with Crippen LogP contribution in [-0.2, 0) is 6.54 Å². The maximum atomic E-state index is 9.27. The molecule has 0 aliphatic carbocycles. The van der Waals surface area contributed by atoms with Gasteiger partial charge in [-0.25, -0.2) is 0 Å². The van der Waals surface area contributed by atoms with Gasteiger partial charge >= 0.3 is 0 Å². The van der Waals surface area contributed by atoms with Gasteiger partial charge in [-0.3, -0.25) is 4.99 Å². The molecule has 0 aromatic heterocycles. The molecule has 1 aromatic rings. The van der Waals surface area contributed by atoms with Gasteiger partial charge in [-0.05, 0) is 6.07 Å². The summed E-state index contributed by atoms with van der Waals surface area (Å²) in [6.45, 7) is 0.587. The molecule has 0 atom stereocenters. The predicted octanol–water partition coefficient (Wildman–Crippen LogP) is 1.31. The summed E-state index contributed by atoms with van der Waals surface area (Å²) < 4.78 is 5.01. The molecule has 56 valence electrons. The van der Waals surface area contributed by atoms with E-state index in [0.29, 0.717) is 12.3 Å². The second kappa shape index (κ2) is 2.27. The Morgan fingerprint density at radius 3 is 3.18 bits per heavy atom. The molecule has 0 unspecified atom stereocenters. The van der Waals surface area contributed by atoms with E-state index in [0.717, 1.165) is 5.56 Å². The average molecular weight is 149 g/mol. The third-order valence-corrected chi connectivity index (χ3v) is 1.58. The van der Waals surface area contributed by atoms with Gasteiger partial charge in [-0.1, -0.05) is 12.1 Å². The molecular formula is C8H7NO2. The van der Waals surface area contributed by atoms with Crippen LogP contribution in [0.15, 0.2) is 23.2 Å². The summed E-state index contributed by atoms with van der Waals surface area (Å²) in [6.07, 6.45) is 1.35. The first kappa shape index (κ1) is 6.22. The highest BCUT2D eigenvalue weighted by atomic mass is 16.5. The molecule has 0 saturated carbocycles. The minimum absolute atomic E-state index is 0.175. The van der Waals surface area contributed by atoms with Crippen molar-refractivity contribution in [1.82, 2.24) is 0 Å². The number of aromatic hydroxyl groups is 1. The fraction of sp³-hybridized carbons (Fsp3) is 0.125. The normalized spacial score (nSPS) is 13.8. The SMILES string of the molecule is Oc1cccc2c1OC=NC2. The van der Waals surface area contributed by atoms with Crippen LogP contribution in [0.25, 0.3) is 0 Å². The van der Waals surface area contributed by atoms with Crippen LogP contribution >= 0.6 is 0 Å². The molecule has 11 heavy (non-hydrogen) atoms. The molecule has 0 spiro atoms. The van der Waals surface area contributed by atoms with Gasteiger partial charge in [-0.2, -0.15) is 0 Å². The number of ether oxygens (including phenoxy) is 1. The Morgan fingerprint density at radius 2 is 2.36 bits per heavy atom. The molecule has 0 amide bonds. The molecule has 1 N–H and O–H groups in total. The monoisotopic (exact) mass is 149 g/mol. The average Bonchev–Trinajstić information content (AvgIpc) is 2.06. The number of benzene rings is 1. The zero-order valence-electron chi connectivity index (χ0n) is 5.82. The third-order valence-electron chi connectivity index (χ3n) is 1.58. The summed E-state index contributed by atoms with van der Waals surface area (Å²) in [5.41, 5.74) is 0.924. The van der Waals surface area contributed by atoms with E-state index in [2.05, 4.69) is 4.99 Å². The number of aliphatic imine (C=N–C) groups is 1. The Labute approximate surface area is 64.0 Å². The molecule has 0 saturated heterocycles. The van der Waals surface area contributed by atoms with Crippen LogP contribution in [0, 0.1) is 0 Å². The molecule has 1 heterocycles. The molecule has 3 heteroatoms. The second-order valence-electron chi connectivity index (χ2n) is 2.33. The summed E-state index contributed by atoms with van der Waals surface area (Å²) in [5.74, 6) is 0.705. The number of hydrogen-bond donors (Lipinski definition) is 1. The van der Waals surface area contributed by atoms with Gasteiger partial charge in [-0.15, -0.1) is 0 Å². The molecule has 3 nitrogen and oxygen atoms in total. The van der Waals surface area contributed by atoms with Gasteiger partial charge in [0.25, 0.3) is 0 Å². The van der Waals surface area contributed by atoms with Crippen molar-refractivity contribution in [3.8, 4) is 11.5 Å². The van der Waals surface area contributed by atoms with Crippen LogP contribution in [0.1, 0.15) is 5.56 Å². The van der Waals surface area contributed by atoms with E-state index in [9.17, 15) is 5.11 Å². The van der Waals surface area contributed by atoms with Gasteiger partial charge in [0.1, 0.15) is 0 Å². The van der Waals surface area contributed by atoms with Crippen LogP contribution in [0.3, 0.4) is 0 Å². The van der Waals surface area contributed by atoms with Gasteiger partial charge < -0.3 is 9.84 Å². The molecule has 0 bridgehead atoms. The zero-order chi connectivity index (χ0) is 7.68. The minimum atomic E-state index is 0.175. The van der Waals surface area contributed by atoms with Gasteiger partial charge in [0.2, 0.25) is 0 Å². The van der Waals surface area contributed by atoms with Crippen LogP contribution in [0.2, 0.25) is 0 Å². The standard InChI is InChI=1S/C8H7NO2/c10-7-3-1-2-6-4-9-5-11-8(6)7/h1-3,5,10H,4H2. The molecular weight excluding hydrogens is 142 g/mol. The molecule has 1 aliphatic heterocycles. The first-order valence-electron chi connectivity index (χ1n) is 3.34. The summed E-state index contributed by atoms with van der Waals surface area (Å²) in [4.78, 5) is 3.90. The lowest BCUT2D eigenvalue weighted by molar-refractivity contribution is 0.431. The van der Waals surface area contributed by atoms with Crippen LogP contribution in [0.4, 0.5) is 0 Å². The number of nitrogens with zero attached hydrogens (tertiary/aromatic N) is 1. The summed E-state index contributed by atoms with van der Waals surface area (Å²) >= 11 is 0. The van der Waals surface area contributed by atoms with Crippen molar-refractivity contribution in [2.75, 3.05) is 0 Å². The Balaban J connectivity index is 2.54. The number of fused-ring (bicyclic) bond motifs is 1. The number of phenols is 1. The summed E-state index contributed by atoms with van der Waals surface area (Å²) in [7, 11) is 0. The maximum Gasteiger partial charge on any atom is 0.177 e. The van der Waals surface area contributed by atoms with Crippen molar-refractivity contribution in [2.45, 2.75) is 6.54 Å². The molecule has 0 radical (unpaired) electrons. The lowest BCUT2D eigenvalue weighted by Gasteiger charge is -2.11. The van der Waals surface area contributed by atoms with Crippen molar-refractivity contribution in [1.29, 1.82) is 0 Å². The Bertz CT molecular complexity index is 307. The van der Waals surface area contributed by atoms with Gasteiger partial charge in [0.15, 0.2) is 17.9 Å². The Kier molecular flexibility index (Phi) is 1.28. The van der Waals surface area contributed by atoms with Crippen molar-refractivity contribution < 1.29 is 9.84 Å². The van der Waals surface area contributed by atoms with Crippen molar-refractivity contribution in [3.63, 3.8) is 0 Å². The maximum absolute atomic E-state index is 9.27.